The van der Waals surface area contributed by atoms with Crippen molar-refractivity contribution in [3.63, 3.8) is 0 Å². The normalized spacial score (nSPS) is 12.0. The highest BCUT2D eigenvalue weighted by Gasteiger charge is 2.39. The molecule has 0 bridgehead atoms. The molecule has 15 heavy (non-hydrogen) atoms. The van der Waals surface area contributed by atoms with Gasteiger partial charge in [0.25, 0.3) is 0 Å². The molecule has 0 saturated carbocycles. The van der Waals surface area contributed by atoms with Crippen LogP contribution in [0.15, 0.2) is 4.47 Å². The second kappa shape index (κ2) is 3.70. The lowest BCUT2D eigenvalue weighted by Gasteiger charge is -2.13. The van der Waals surface area contributed by atoms with Crippen LogP contribution in [0.5, 0.6) is 0 Å². The van der Waals surface area contributed by atoms with Crippen molar-refractivity contribution in [3.8, 4) is 0 Å². The van der Waals surface area contributed by atoms with E-state index in [0.717, 1.165) is 0 Å². The van der Waals surface area contributed by atoms with Crippen LogP contribution in [0.4, 0.5) is 26.3 Å². The lowest BCUT2D eigenvalue weighted by atomic mass is 10.1. The SMILES string of the molecule is Cc1c(F)c(F)c(Br)c(F)c1C(F)(F)F. The molecule has 0 aromatic heterocycles. The van der Waals surface area contributed by atoms with Gasteiger partial charge in [0.1, 0.15) is 0 Å². The van der Waals surface area contributed by atoms with E-state index >= 15 is 0 Å². The number of alkyl halides is 3. The average molecular weight is 293 g/mol. The molecule has 0 aliphatic rings. The fraction of sp³-hybridized carbons (Fsp3) is 0.250. The van der Waals surface area contributed by atoms with E-state index in [2.05, 4.69) is 15.9 Å². The summed E-state index contributed by atoms with van der Waals surface area (Å²) in [5.41, 5.74) is -2.89. The van der Waals surface area contributed by atoms with Gasteiger partial charge in [-0.25, -0.2) is 13.2 Å². The number of halogens is 7. The maximum atomic E-state index is 13.0. The molecule has 1 aromatic carbocycles. The monoisotopic (exact) mass is 292 g/mol. The van der Waals surface area contributed by atoms with Gasteiger partial charge in [0.05, 0.1) is 10.0 Å². The van der Waals surface area contributed by atoms with E-state index in [0.29, 0.717) is 6.92 Å². The molecular weight excluding hydrogens is 290 g/mol. The van der Waals surface area contributed by atoms with Crippen molar-refractivity contribution in [1.29, 1.82) is 0 Å². The minimum atomic E-state index is -5.06. The van der Waals surface area contributed by atoms with E-state index in [-0.39, 0.29) is 0 Å². The summed E-state index contributed by atoms with van der Waals surface area (Å²) in [7, 11) is 0. The summed E-state index contributed by atoms with van der Waals surface area (Å²) in [6.07, 6.45) is -5.06. The quantitative estimate of drug-likeness (QED) is 0.382. The molecule has 0 heterocycles. The first-order chi connectivity index (χ1) is 6.68. The van der Waals surface area contributed by atoms with Crippen LogP contribution in [0.25, 0.3) is 0 Å². The molecule has 0 aliphatic carbocycles. The highest BCUT2D eigenvalue weighted by Crippen LogP contribution is 2.38. The van der Waals surface area contributed by atoms with Crippen molar-refractivity contribution in [2.75, 3.05) is 0 Å². The Morgan fingerprint density at radius 1 is 0.933 bits per heavy atom. The summed E-state index contributed by atoms with van der Waals surface area (Å²) >= 11 is 2.22. The van der Waals surface area contributed by atoms with Gasteiger partial charge in [0, 0.05) is 5.56 Å². The Morgan fingerprint density at radius 2 is 1.40 bits per heavy atom. The van der Waals surface area contributed by atoms with Crippen LogP contribution in [-0.4, -0.2) is 0 Å². The largest absolute Gasteiger partial charge is 0.419 e. The topological polar surface area (TPSA) is 0 Å². The molecule has 0 radical (unpaired) electrons. The second-order valence-electron chi connectivity index (χ2n) is 2.75. The number of rotatable bonds is 0. The zero-order valence-electron chi connectivity index (χ0n) is 7.15. The molecule has 0 saturated heterocycles. The highest BCUT2D eigenvalue weighted by molar-refractivity contribution is 9.10. The van der Waals surface area contributed by atoms with Crippen LogP contribution < -0.4 is 0 Å². The Kier molecular flexibility index (Phi) is 3.04. The van der Waals surface area contributed by atoms with Crippen molar-refractivity contribution < 1.29 is 26.3 Å². The Balaban J connectivity index is 3.68. The maximum Gasteiger partial charge on any atom is 0.419 e. The van der Waals surface area contributed by atoms with E-state index < -0.39 is 39.2 Å². The van der Waals surface area contributed by atoms with Crippen LogP contribution in [0, 0.1) is 24.4 Å². The van der Waals surface area contributed by atoms with Crippen LogP contribution >= 0.6 is 15.9 Å². The molecule has 0 spiro atoms. The summed E-state index contributed by atoms with van der Waals surface area (Å²) in [6, 6.07) is 0. The summed E-state index contributed by atoms with van der Waals surface area (Å²) < 4.78 is 74.3. The first kappa shape index (κ1) is 12.4. The van der Waals surface area contributed by atoms with Gasteiger partial charge in [-0.3, -0.25) is 0 Å². The van der Waals surface area contributed by atoms with E-state index in [1.807, 2.05) is 0 Å². The number of benzene rings is 1. The first-order valence-electron chi connectivity index (χ1n) is 3.57. The summed E-state index contributed by atoms with van der Waals surface area (Å²) in [4.78, 5) is 0. The van der Waals surface area contributed by atoms with Gasteiger partial charge in [0.2, 0.25) is 0 Å². The van der Waals surface area contributed by atoms with Crippen LogP contribution in [0.1, 0.15) is 11.1 Å². The molecule has 0 N–H and O–H groups in total. The van der Waals surface area contributed by atoms with Crippen molar-refractivity contribution in [2.45, 2.75) is 13.1 Å². The molecule has 84 valence electrons. The third-order valence-corrected chi connectivity index (χ3v) is 2.48. The predicted octanol–water partition coefficient (Wildman–Crippen LogP) is 4.19. The van der Waals surface area contributed by atoms with E-state index in [1.54, 1.807) is 0 Å². The molecule has 0 nitrogen and oxygen atoms in total. The van der Waals surface area contributed by atoms with Gasteiger partial charge in [-0.15, -0.1) is 0 Å². The standard InChI is InChI=1S/C8H3BrF6/c1-2-3(8(13,14)15)6(11)4(9)7(12)5(2)10/h1H3. The smallest absolute Gasteiger partial charge is 0.205 e. The number of hydrogen-bond acceptors (Lipinski definition) is 0. The van der Waals surface area contributed by atoms with Crippen molar-refractivity contribution in [1.82, 2.24) is 0 Å². The summed E-state index contributed by atoms with van der Waals surface area (Å²) in [5.74, 6) is -5.23. The number of hydrogen-bond donors (Lipinski definition) is 0. The van der Waals surface area contributed by atoms with Crippen molar-refractivity contribution >= 4 is 15.9 Å². The molecule has 1 rings (SSSR count). The van der Waals surface area contributed by atoms with Gasteiger partial charge in [-0.05, 0) is 22.9 Å². The van der Waals surface area contributed by atoms with Gasteiger partial charge in [-0.1, -0.05) is 0 Å². The molecular formula is C8H3BrF6. The second-order valence-corrected chi connectivity index (χ2v) is 3.55. The van der Waals surface area contributed by atoms with Crippen LogP contribution in [0.2, 0.25) is 0 Å². The lowest BCUT2D eigenvalue weighted by Crippen LogP contribution is -2.14. The van der Waals surface area contributed by atoms with Crippen LogP contribution in [0.3, 0.4) is 0 Å². The van der Waals surface area contributed by atoms with E-state index in [1.165, 1.54) is 0 Å². The zero-order valence-corrected chi connectivity index (χ0v) is 8.73. The Morgan fingerprint density at radius 3 is 1.80 bits per heavy atom. The Labute approximate surface area is 89.0 Å². The molecule has 1 aromatic rings. The average Bonchev–Trinajstić information content (AvgIpc) is 2.09. The van der Waals surface area contributed by atoms with Crippen LogP contribution in [-0.2, 0) is 6.18 Å². The van der Waals surface area contributed by atoms with E-state index in [4.69, 9.17) is 0 Å². The van der Waals surface area contributed by atoms with E-state index in [9.17, 15) is 26.3 Å². The lowest BCUT2D eigenvalue weighted by molar-refractivity contribution is -0.140. The fourth-order valence-electron chi connectivity index (χ4n) is 1.08. The molecule has 0 fully saturated rings. The third-order valence-electron chi connectivity index (χ3n) is 1.79. The van der Waals surface area contributed by atoms with Gasteiger partial charge < -0.3 is 0 Å². The predicted molar refractivity (Wildman–Crippen MR) is 43.8 cm³/mol. The van der Waals surface area contributed by atoms with Crippen molar-refractivity contribution in [2.24, 2.45) is 0 Å². The first-order valence-corrected chi connectivity index (χ1v) is 4.37. The zero-order chi connectivity index (χ0) is 12.0. The molecule has 0 amide bonds. The summed E-state index contributed by atoms with van der Waals surface area (Å²) in [6.45, 7) is 0.663. The molecule has 0 atom stereocenters. The Hall–Kier alpha value is -0.720. The minimum Gasteiger partial charge on any atom is -0.205 e. The Bertz CT molecular complexity index is 380. The highest BCUT2D eigenvalue weighted by atomic mass is 79.9. The molecule has 7 heteroatoms. The van der Waals surface area contributed by atoms with Crippen molar-refractivity contribution in [3.05, 3.63) is 33.1 Å². The maximum absolute atomic E-state index is 13.0. The van der Waals surface area contributed by atoms with Gasteiger partial charge in [0.15, 0.2) is 17.5 Å². The molecule has 0 aliphatic heterocycles. The van der Waals surface area contributed by atoms with Gasteiger partial charge >= 0.3 is 6.18 Å². The third kappa shape index (κ3) is 1.97. The van der Waals surface area contributed by atoms with Gasteiger partial charge in [-0.2, -0.15) is 13.2 Å². The fourth-order valence-corrected chi connectivity index (χ4v) is 1.45. The molecule has 0 unspecified atom stereocenters. The summed E-state index contributed by atoms with van der Waals surface area (Å²) in [5, 5.41) is 0. The minimum absolute atomic E-state index is 0.663.